The zero-order chi connectivity index (χ0) is 17.5. The van der Waals surface area contributed by atoms with Crippen molar-refractivity contribution >= 4 is 11.6 Å². The van der Waals surface area contributed by atoms with Crippen LogP contribution in [0.25, 0.3) is 0 Å². The van der Waals surface area contributed by atoms with Gasteiger partial charge in [0.2, 0.25) is 5.91 Å². The molecule has 2 N–H and O–H groups in total. The van der Waals surface area contributed by atoms with E-state index in [9.17, 15) is 18.0 Å². The molecule has 1 fully saturated rings. The first kappa shape index (κ1) is 16.4. The number of H-pyrrole nitrogens is 1. The number of carbonyl (C=O) groups is 1. The summed E-state index contributed by atoms with van der Waals surface area (Å²) in [4.78, 5) is 12.3. The number of para-hydroxylation sites is 1. The average Bonchev–Trinajstić information content (AvgIpc) is 3.23. The van der Waals surface area contributed by atoms with Gasteiger partial charge in [0.05, 0.1) is 17.1 Å². The smallest absolute Gasteiger partial charge is 0.405 e. The Labute approximate surface area is 136 Å². The standard InChI is InChI=1S/C16H16F3N3O2/c1-8-14(9(2)22-21-8)20-15(23)12-7-11(12)10-5-3-4-6-13(10)24-16(17,18)19/h3-6,11-12H,7H2,1-2H3,(H,20,23)(H,21,22)/t11-,12+/m0/s1. The molecule has 2 atom stereocenters. The number of rotatable bonds is 4. The van der Waals surface area contributed by atoms with Crippen molar-refractivity contribution in [2.45, 2.75) is 32.5 Å². The van der Waals surface area contributed by atoms with Crippen LogP contribution < -0.4 is 10.1 Å². The maximum absolute atomic E-state index is 12.5. The molecule has 1 heterocycles. The fourth-order valence-electron chi connectivity index (χ4n) is 2.78. The molecule has 128 valence electrons. The zero-order valence-corrected chi connectivity index (χ0v) is 13.1. The molecule has 24 heavy (non-hydrogen) atoms. The van der Waals surface area contributed by atoms with Crippen molar-refractivity contribution in [2.24, 2.45) is 5.92 Å². The molecular weight excluding hydrogens is 323 g/mol. The number of nitrogens with zero attached hydrogens (tertiary/aromatic N) is 1. The third kappa shape index (κ3) is 3.37. The SMILES string of the molecule is Cc1n[nH]c(C)c1NC(=O)[C@@H]1C[C@H]1c1ccccc1OC(F)(F)F. The van der Waals surface area contributed by atoms with E-state index in [1.54, 1.807) is 26.0 Å². The van der Waals surface area contributed by atoms with Gasteiger partial charge in [-0.1, -0.05) is 18.2 Å². The van der Waals surface area contributed by atoms with Crippen LogP contribution in [0.3, 0.4) is 0 Å². The Hall–Kier alpha value is -2.51. The zero-order valence-electron chi connectivity index (χ0n) is 13.1. The lowest BCUT2D eigenvalue weighted by Crippen LogP contribution is -2.18. The number of aromatic nitrogens is 2. The number of hydrogen-bond donors (Lipinski definition) is 2. The van der Waals surface area contributed by atoms with E-state index >= 15 is 0 Å². The normalized spacial score (nSPS) is 19.9. The van der Waals surface area contributed by atoms with Crippen LogP contribution in [0, 0.1) is 19.8 Å². The first-order chi connectivity index (χ1) is 11.3. The maximum Gasteiger partial charge on any atom is 0.573 e. The summed E-state index contributed by atoms with van der Waals surface area (Å²) in [7, 11) is 0. The minimum absolute atomic E-state index is 0.227. The number of amides is 1. The van der Waals surface area contributed by atoms with E-state index in [4.69, 9.17) is 0 Å². The number of anilines is 1. The number of alkyl halides is 3. The third-order valence-corrected chi connectivity index (χ3v) is 4.05. The van der Waals surface area contributed by atoms with Crippen LogP contribution >= 0.6 is 0 Å². The highest BCUT2D eigenvalue weighted by molar-refractivity contribution is 5.96. The van der Waals surface area contributed by atoms with Gasteiger partial charge in [-0.05, 0) is 37.8 Å². The van der Waals surface area contributed by atoms with Crippen LogP contribution in [0.15, 0.2) is 24.3 Å². The molecule has 0 bridgehead atoms. The molecule has 0 aliphatic heterocycles. The van der Waals surface area contributed by atoms with Crippen molar-refractivity contribution in [3.05, 3.63) is 41.2 Å². The van der Waals surface area contributed by atoms with Gasteiger partial charge in [-0.2, -0.15) is 5.10 Å². The summed E-state index contributed by atoms with van der Waals surface area (Å²) in [5, 5.41) is 9.56. The molecule has 5 nitrogen and oxygen atoms in total. The van der Waals surface area contributed by atoms with Crippen LogP contribution in [0.1, 0.15) is 29.3 Å². The van der Waals surface area contributed by atoms with E-state index in [-0.39, 0.29) is 23.5 Å². The summed E-state index contributed by atoms with van der Waals surface area (Å²) in [5.74, 6) is -1.14. The van der Waals surface area contributed by atoms with Gasteiger partial charge in [0.1, 0.15) is 5.75 Å². The highest BCUT2D eigenvalue weighted by Gasteiger charge is 2.46. The second kappa shape index (κ2) is 5.85. The second-order valence-corrected chi connectivity index (χ2v) is 5.83. The molecule has 1 aromatic heterocycles. The van der Waals surface area contributed by atoms with E-state index in [1.807, 2.05) is 0 Å². The maximum atomic E-state index is 12.5. The van der Waals surface area contributed by atoms with Crippen LogP contribution in [0.4, 0.5) is 18.9 Å². The number of nitrogens with one attached hydrogen (secondary N) is 2. The molecule has 1 aliphatic carbocycles. The summed E-state index contributed by atoms with van der Waals surface area (Å²) >= 11 is 0. The lowest BCUT2D eigenvalue weighted by atomic mass is 10.1. The molecular formula is C16H16F3N3O2. The summed E-state index contributed by atoms with van der Waals surface area (Å²) in [6, 6.07) is 5.93. The first-order valence-electron chi connectivity index (χ1n) is 7.43. The number of ether oxygens (including phenoxy) is 1. The predicted molar refractivity (Wildman–Crippen MR) is 80.7 cm³/mol. The fourth-order valence-corrected chi connectivity index (χ4v) is 2.78. The van der Waals surface area contributed by atoms with Crippen molar-refractivity contribution in [3.63, 3.8) is 0 Å². The lowest BCUT2D eigenvalue weighted by molar-refractivity contribution is -0.274. The number of aromatic amines is 1. The lowest BCUT2D eigenvalue weighted by Gasteiger charge is -2.13. The van der Waals surface area contributed by atoms with Gasteiger partial charge in [0, 0.05) is 5.92 Å². The van der Waals surface area contributed by atoms with Crippen LogP contribution in [-0.4, -0.2) is 22.5 Å². The fraction of sp³-hybridized carbons (Fsp3) is 0.375. The Bertz CT molecular complexity index is 751. The van der Waals surface area contributed by atoms with Gasteiger partial charge in [0.25, 0.3) is 0 Å². The third-order valence-electron chi connectivity index (χ3n) is 4.05. The van der Waals surface area contributed by atoms with E-state index in [2.05, 4.69) is 20.3 Å². The first-order valence-corrected chi connectivity index (χ1v) is 7.43. The van der Waals surface area contributed by atoms with Gasteiger partial charge >= 0.3 is 6.36 Å². The Balaban J connectivity index is 1.72. The Morgan fingerprint density at radius 1 is 1.33 bits per heavy atom. The molecule has 1 aliphatic rings. The number of benzene rings is 1. The molecule has 0 saturated heterocycles. The number of halogens is 3. The topological polar surface area (TPSA) is 67.0 Å². The van der Waals surface area contributed by atoms with E-state index in [0.29, 0.717) is 23.4 Å². The van der Waals surface area contributed by atoms with Crippen molar-refractivity contribution in [3.8, 4) is 5.75 Å². The molecule has 8 heteroatoms. The van der Waals surface area contributed by atoms with Crippen molar-refractivity contribution in [1.82, 2.24) is 10.2 Å². The predicted octanol–water partition coefficient (Wildman–Crippen LogP) is 3.67. The van der Waals surface area contributed by atoms with Gasteiger partial charge in [-0.15, -0.1) is 13.2 Å². The Kier molecular flexibility index (Phi) is 3.98. The minimum atomic E-state index is -4.76. The van der Waals surface area contributed by atoms with Gasteiger partial charge in [0.15, 0.2) is 0 Å². The molecule has 1 saturated carbocycles. The monoisotopic (exact) mass is 339 g/mol. The number of aryl methyl sites for hydroxylation is 2. The van der Waals surface area contributed by atoms with Crippen LogP contribution in [0.5, 0.6) is 5.75 Å². The minimum Gasteiger partial charge on any atom is -0.405 e. The van der Waals surface area contributed by atoms with Gasteiger partial charge < -0.3 is 10.1 Å². The molecule has 2 aromatic rings. The molecule has 1 aromatic carbocycles. The van der Waals surface area contributed by atoms with Gasteiger partial charge in [-0.25, -0.2) is 0 Å². The van der Waals surface area contributed by atoms with Crippen LogP contribution in [0.2, 0.25) is 0 Å². The van der Waals surface area contributed by atoms with Crippen LogP contribution in [-0.2, 0) is 4.79 Å². The van der Waals surface area contributed by atoms with E-state index in [1.165, 1.54) is 12.1 Å². The van der Waals surface area contributed by atoms with Gasteiger partial charge in [-0.3, -0.25) is 9.89 Å². The summed E-state index contributed by atoms with van der Waals surface area (Å²) in [5.41, 5.74) is 2.42. The van der Waals surface area contributed by atoms with Crippen molar-refractivity contribution in [1.29, 1.82) is 0 Å². The second-order valence-electron chi connectivity index (χ2n) is 5.83. The summed E-state index contributed by atoms with van der Waals surface area (Å²) in [6.45, 7) is 3.54. The Morgan fingerprint density at radius 3 is 2.67 bits per heavy atom. The molecule has 1 amide bonds. The van der Waals surface area contributed by atoms with E-state index in [0.717, 1.165) is 5.69 Å². The highest BCUT2D eigenvalue weighted by Crippen LogP contribution is 2.51. The Morgan fingerprint density at radius 2 is 2.04 bits per heavy atom. The largest absolute Gasteiger partial charge is 0.573 e. The quantitative estimate of drug-likeness (QED) is 0.893. The van der Waals surface area contributed by atoms with E-state index < -0.39 is 6.36 Å². The average molecular weight is 339 g/mol. The molecule has 3 rings (SSSR count). The highest BCUT2D eigenvalue weighted by atomic mass is 19.4. The molecule has 0 spiro atoms. The number of carbonyl (C=O) groups excluding carboxylic acids is 1. The number of hydrogen-bond acceptors (Lipinski definition) is 3. The summed E-state index contributed by atoms with van der Waals surface area (Å²) in [6.07, 6.45) is -4.27. The van der Waals surface area contributed by atoms with Crippen molar-refractivity contribution < 1.29 is 22.7 Å². The molecule has 0 radical (unpaired) electrons. The molecule has 0 unspecified atom stereocenters. The van der Waals surface area contributed by atoms with Crippen molar-refractivity contribution in [2.75, 3.05) is 5.32 Å². The summed E-state index contributed by atoms with van der Waals surface area (Å²) < 4.78 is 41.5.